The normalized spacial score (nSPS) is 10.3. The van der Waals surface area contributed by atoms with E-state index in [0.29, 0.717) is 0 Å². The van der Waals surface area contributed by atoms with Crippen LogP contribution < -0.4 is 4.90 Å². The van der Waals surface area contributed by atoms with Gasteiger partial charge in [-0.3, -0.25) is 0 Å². The van der Waals surface area contributed by atoms with Crippen molar-refractivity contribution in [3.63, 3.8) is 0 Å². The van der Waals surface area contributed by atoms with Crippen molar-refractivity contribution in [1.82, 2.24) is 0 Å². The van der Waals surface area contributed by atoms with E-state index in [-0.39, 0.29) is 0 Å². The Morgan fingerprint density at radius 1 is 1.42 bits per heavy atom. The lowest BCUT2D eigenvalue weighted by atomic mass is 10.2. The van der Waals surface area contributed by atoms with E-state index >= 15 is 0 Å². The molecule has 0 aliphatic rings. The summed E-state index contributed by atoms with van der Waals surface area (Å²) in [4.78, 5) is 2.35. The van der Waals surface area contributed by atoms with Crippen molar-refractivity contribution in [3.8, 4) is 0 Å². The van der Waals surface area contributed by atoms with Crippen LogP contribution in [-0.4, -0.2) is 13.1 Å². The molecular weight excluding hydrogens is 166 g/mol. The van der Waals surface area contributed by atoms with E-state index in [4.69, 9.17) is 0 Å². The molecule has 0 saturated carbocycles. The van der Waals surface area contributed by atoms with Crippen molar-refractivity contribution < 1.29 is 0 Å². The average Bonchev–Trinajstić information content (AvgIpc) is 2.38. The van der Waals surface area contributed by atoms with Crippen molar-refractivity contribution in [2.24, 2.45) is 0 Å². The molecule has 0 spiro atoms. The Balaban J connectivity index is 2.93. The number of hydrogen-bond acceptors (Lipinski definition) is 2. The Hall–Kier alpha value is -0.500. The molecule has 0 saturated heterocycles. The van der Waals surface area contributed by atoms with E-state index < -0.39 is 0 Å². The third-order valence-electron chi connectivity index (χ3n) is 2.13. The van der Waals surface area contributed by atoms with Gasteiger partial charge in [-0.1, -0.05) is 0 Å². The Morgan fingerprint density at radius 2 is 2.00 bits per heavy atom. The molecule has 0 fully saturated rings. The molecule has 2 heteroatoms. The van der Waals surface area contributed by atoms with Crippen molar-refractivity contribution in [2.45, 2.75) is 20.8 Å². The molecule has 0 atom stereocenters. The molecule has 0 aromatic carbocycles. The zero-order valence-corrected chi connectivity index (χ0v) is 8.87. The van der Waals surface area contributed by atoms with Crippen molar-refractivity contribution in [1.29, 1.82) is 0 Å². The summed E-state index contributed by atoms with van der Waals surface area (Å²) in [5.41, 5.74) is 2.51. The predicted molar refractivity (Wildman–Crippen MR) is 57.1 cm³/mol. The predicted octanol–water partition coefficient (Wildman–Crippen LogP) is 3.08. The molecule has 1 heterocycles. The molecule has 1 nitrogen and oxygen atoms in total. The first-order valence-corrected chi connectivity index (χ1v) is 5.23. The molecular formula is C10H16NS. The third kappa shape index (κ3) is 1.63. The average molecular weight is 182 g/mol. The first kappa shape index (κ1) is 9.59. The van der Waals surface area contributed by atoms with Crippen LogP contribution in [0.15, 0.2) is 5.38 Å². The minimum atomic E-state index is 1.07. The van der Waals surface area contributed by atoms with Crippen LogP contribution in [0.4, 0.5) is 5.00 Å². The summed E-state index contributed by atoms with van der Waals surface area (Å²) >= 11 is 1.80. The Bertz CT molecular complexity index is 248. The highest BCUT2D eigenvalue weighted by atomic mass is 32.1. The van der Waals surface area contributed by atoms with Crippen LogP contribution >= 0.6 is 11.3 Å². The highest BCUT2D eigenvalue weighted by molar-refractivity contribution is 7.14. The molecule has 0 aliphatic carbocycles. The first-order chi connectivity index (χ1) is 5.70. The van der Waals surface area contributed by atoms with Crippen LogP contribution in [0.1, 0.15) is 25.0 Å². The largest absolute Gasteiger partial charge is 0.364 e. The van der Waals surface area contributed by atoms with Gasteiger partial charge in [0.25, 0.3) is 0 Å². The zero-order valence-electron chi connectivity index (χ0n) is 8.05. The van der Waals surface area contributed by atoms with Crippen molar-refractivity contribution in [3.05, 3.63) is 23.4 Å². The Morgan fingerprint density at radius 3 is 2.33 bits per heavy atom. The van der Waals surface area contributed by atoms with E-state index in [0.717, 1.165) is 13.1 Å². The number of hydrogen-bond donors (Lipinski definition) is 0. The molecule has 1 rings (SSSR count). The molecule has 0 aliphatic heterocycles. The molecule has 1 aromatic rings. The maximum Gasteiger partial charge on any atom is 0.0943 e. The number of anilines is 1. The van der Waals surface area contributed by atoms with Gasteiger partial charge in [0.1, 0.15) is 0 Å². The Kier molecular flexibility index (Phi) is 3.15. The minimum Gasteiger partial charge on any atom is -0.364 e. The maximum atomic E-state index is 4.07. The summed E-state index contributed by atoms with van der Waals surface area (Å²) < 4.78 is 0. The standard InChI is InChI=1S/C10H16NS/c1-5-11(6-2)10-9(4)8(3)7-12-10/h7H,4-6H2,1-3H3. The quantitative estimate of drug-likeness (QED) is 0.694. The fourth-order valence-corrected chi connectivity index (χ4v) is 2.37. The molecule has 0 amide bonds. The summed E-state index contributed by atoms with van der Waals surface area (Å²) in [6.45, 7) is 12.7. The molecule has 12 heavy (non-hydrogen) atoms. The summed E-state index contributed by atoms with van der Waals surface area (Å²) in [5.74, 6) is 0. The van der Waals surface area contributed by atoms with Crippen molar-refractivity contribution >= 4 is 16.3 Å². The van der Waals surface area contributed by atoms with Crippen LogP contribution in [0.3, 0.4) is 0 Å². The third-order valence-corrected chi connectivity index (χ3v) is 3.33. The second-order valence-electron chi connectivity index (χ2n) is 2.87. The van der Waals surface area contributed by atoms with Gasteiger partial charge in [-0.15, -0.1) is 11.3 Å². The van der Waals surface area contributed by atoms with Crippen LogP contribution in [-0.2, 0) is 0 Å². The smallest absolute Gasteiger partial charge is 0.0943 e. The van der Waals surface area contributed by atoms with Gasteiger partial charge >= 0.3 is 0 Å². The molecule has 1 aromatic heterocycles. The molecule has 1 radical (unpaired) electrons. The lowest BCUT2D eigenvalue weighted by Gasteiger charge is -2.19. The van der Waals surface area contributed by atoms with Gasteiger partial charge in [0, 0.05) is 13.1 Å². The summed E-state index contributed by atoms with van der Waals surface area (Å²) in [6, 6.07) is 0. The maximum absolute atomic E-state index is 4.07. The fourth-order valence-electron chi connectivity index (χ4n) is 1.23. The second-order valence-corrected chi connectivity index (χ2v) is 3.73. The van der Waals surface area contributed by atoms with Crippen LogP contribution in [0.5, 0.6) is 0 Å². The van der Waals surface area contributed by atoms with Crippen LogP contribution in [0.2, 0.25) is 0 Å². The van der Waals surface area contributed by atoms with Gasteiger partial charge in [-0.2, -0.15) is 0 Å². The van der Waals surface area contributed by atoms with Gasteiger partial charge in [0.15, 0.2) is 0 Å². The van der Waals surface area contributed by atoms with Gasteiger partial charge in [0.05, 0.1) is 5.00 Å². The topological polar surface area (TPSA) is 3.24 Å². The highest BCUT2D eigenvalue weighted by Gasteiger charge is 2.08. The number of nitrogens with zero attached hydrogens (tertiary/aromatic N) is 1. The molecule has 0 N–H and O–H groups in total. The lowest BCUT2D eigenvalue weighted by molar-refractivity contribution is 0.874. The zero-order chi connectivity index (χ0) is 9.14. The van der Waals surface area contributed by atoms with E-state index in [1.54, 1.807) is 11.3 Å². The van der Waals surface area contributed by atoms with E-state index in [1.807, 2.05) is 0 Å². The summed E-state index contributed by atoms with van der Waals surface area (Å²) in [5, 5.41) is 3.51. The molecule has 0 unspecified atom stereocenters. The lowest BCUT2D eigenvalue weighted by Crippen LogP contribution is -2.21. The Labute approximate surface area is 79.0 Å². The monoisotopic (exact) mass is 182 g/mol. The van der Waals surface area contributed by atoms with Gasteiger partial charge < -0.3 is 4.90 Å². The van der Waals surface area contributed by atoms with Gasteiger partial charge in [-0.25, -0.2) is 0 Å². The van der Waals surface area contributed by atoms with E-state index in [9.17, 15) is 0 Å². The van der Waals surface area contributed by atoms with Gasteiger partial charge in [0.2, 0.25) is 0 Å². The molecule has 67 valence electrons. The van der Waals surface area contributed by atoms with Crippen molar-refractivity contribution in [2.75, 3.05) is 18.0 Å². The number of thiophene rings is 1. The minimum absolute atomic E-state index is 1.07. The van der Waals surface area contributed by atoms with Crippen LogP contribution in [0, 0.1) is 13.8 Å². The number of aryl methyl sites for hydroxylation is 1. The molecule has 0 bridgehead atoms. The first-order valence-electron chi connectivity index (χ1n) is 4.35. The summed E-state index contributed by atoms with van der Waals surface area (Å²) in [7, 11) is 0. The van der Waals surface area contributed by atoms with Crippen LogP contribution in [0.25, 0.3) is 0 Å². The number of rotatable bonds is 3. The highest BCUT2D eigenvalue weighted by Crippen LogP contribution is 2.29. The summed E-state index contributed by atoms with van der Waals surface area (Å²) in [6.07, 6.45) is 0. The fraction of sp³-hybridized carbons (Fsp3) is 0.500. The SMILES string of the molecule is [CH2]c1c(C)csc1N(CC)CC. The van der Waals surface area contributed by atoms with E-state index in [2.05, 4.69) is 38.0 Å². The van der Waals surface area contributed by atoms with Gasteiger partial charge in [-0.05, 0) is 44.2 Å². The van der Waals surface area contributed by atoms with E-state index in [1.165, 1.54) is 16.1 Å². The second kappa shape index (κ2) is 3.94.